The number of hydrogen-bond acceptors (Lipinski definition) is 4. The van der Waals surface area contributed by atoms with Gasteiger partial charge in [0.05, 0.1) is 23.3 Å². The van der Waals surface area contributed by atoms with E-state index in [1.807, 2.05) is 48.5 Å². The van der Waals surface area contributed by atoms with Crippen molar-refractivity contribution in [1.29, 1.82) is 10.5 Å². The van der Waals surface area contributed by atoms with Crippen LogP contribution >= 0.6 is 0 Å². The third-order valence-electron chi connectivity index (χ3n) is 14.2. The lowest BCUT2D eigenvalue weighted by Crippen LogP contribution is -2.09. The zero-order chi connectivity index (χ0) is 48.1. The minimum absolute atomic E-state index is 0.629. The Morgan fingerprint density at radius 1 is 0.250 bits per heavy atom. The van der Waals surface area contributed by atoms with E-state index in [-0.39, 0.29) is 0 Å². The molecule has 0 aliphatic rings. The van der Waals surface area contributed by atoms with Crippen LogP contribution in [0.2, 0.25) is 0 Å². The number of anilines is 6. The second kappa shape index (κ2) is 17.5. The van der Waals surface area contributed by atoms with E-state index in [0.717, 1.165) is 50.8 Å². The molecule has 334 valence electrons. The molecule has 0 heterocycles. The van der Waals surface area contributed by atoms with Gasteiger partial charge in [-0.15, -0.1) is 0 Å². The molecular weight excluding hydrogens is 873 g/mol. The SMILES string of the molecule is N#Cc1ccc(N(c2ccc(-c3ccc4c(c3)c3ccccc3c3cc(-c5ccc(N(c6ccc(C#N)cc6)c6ccc7ccccc7c6)cc5)c5ccccc5c43)cc2)c2ccc3ccccc3c2)cc1. The van der Waals surface area contributed by atoms with Gasteiger partial charge in [0.1, 0.15) is 0 Å². The molecule has 0 bridgehead atoms. The van der Waals surface area contributed by atoms with Gasteiger partial charge in [0.15, 0.2) is 0 Å². The van der Waals surface area contributed by atoms with Crippen LogP contribution in [0.3, 0.4) is 0 Å². The number of hydrogen-bond donors (Lipinski definition) is 0. The topological polar surface area (TPSA) is 54.1 Å². The number of rotatable bonds is 8. The standard InChI is InChI=1S/C68H42N4/c69-43-45-17-28-54(29-18-45)71(58-36-23-47-9-1-3-11-51(47)39-58)56-32-21-49(22-33-56)53-27-38-64-66(41-53)60-13-5-6-14-61(60)67-42-65(62-15-7-8-16-63(62)68(64)67)50-25-34-57(35-26-50)72(55-30-19-46(44-70)20-31-55)59-37-24-48-10-2-4-12-52(48)40-59/h1-42H. The predicted octanol–water partition coefficient (Wildman–Crippen LogP) is 18.6. The Morgan fingerprint density at radius 3 is 1.15 bits per heavy atom. The first kappa shape index (κ1) is 42.1. The zero-order valence-corrected chi connectivity index (χ0v) is 39.0. The van der Waals surface area contributed by atoms with Crippen LogP contribution in [-0.2, 0) is 0 Å². The summed E-state index contributed by atoms with van der Waals surface area (Å²) in [5.41, 5.74) is 12.0. The third-order valence-corrected chi connectivity index (χ3v) is 14.2. The molecule has 0 unspecified atom stereocenters. The fourth-order valence-electron chi connectivity index (χ4n) is 10.7. The van der Waals surface area contributed by atoms with Crippen molar-refractivity contribution in [2.75, 3.05) is 9.80 Å². The fraction of sp³-hybridized carbons (Fsp3) is 0. The summed E-state index contributed by atoms with van der Waals surface area (Å²) in [6.07, 6.45) is 0. The van der Waals surface area contributed by atoms with Gasteiger partial charge in [-0.1, -0.05) is 146 Å². The second-order valence-corrected chi connectivity index (χ2v) is 18.3. The number of fused-ring (bicyclic) bond motifs is 10. The van der Waals surface area contributed by atoms with Crippen molar-refractivity contribution in [2.45, 2.75) is 0 Å². The minimum Gasteiger partial charge on any atom is -0.310 e. The van der Waals surface area contributed by atoms with Gasteiger partial charge in [-0.05, 0) is 196 Å². The van der Waals surface area contributed by atoms with Gasteiger partial charge in [0, 0.05) is 34.1 Å². The molecule has 13 aromatic rings. The Balaban J connectivity index is 0.904. The van der Waals surface area contributed by atoms with Crippen LogP contribution in [0.1, 0.15) is 11.1 Å². The highest BCUT2D eigenvalue weighted by Gasteiger charge is 2.19. The molecule has 0 aromatic heterocycles. The van der Waals surface area contributed by atoms with Crippen molar-refractivity contribution in [3.8, 4) is 34.4 Å². The molecule has 0 spiro atoms. The van der Waals surface area contributed by atoms with Gasteiger partial charge in [-0.25, -0.2) is 0 Å². The Bertz CT molecular complexity index is 4330. The third kappa shape index (κ3) is 7.31. The van der Waals surface area contributed by atoms with Crippen molar-refractivity contribution in [2.24, 2.45) is 0 Å². The molecule has 0 atom stereocenters. The van der Waals surface area contributed by atoms with E-state index in [2.05, 4.69) is 228 Å². The molecule has 0 aliphatic carbocycles. The molecule has 0 aliphatic heterocycles. The molecule has 0 fully saturated rings. The normalized spacial score (nSPS) is 11.3. The maximum Gasteiger partial charge on any atom is 0.0991 e. The summed E-state index contributed by atoms with van der Waals surface area (Å²) in [4.78, 5) is 4.51. The number of nitrogens with zero attached hydrogens (tertiary/aromatic N) is 4. The first-order chi connectivity index (χ1) is 35.6. The van der Waals surface area contributed by atoms with Crippen molar-refractivity contribution in [1.82, 2.24) is 0 Å². The highest BCUT2D eigenvalue weighted by Crippen LogP contribution is 2.45. The van der Waals surface area contributed by atoms with Crippen molar-refractivity contribution in [3.05, 3.63) is 266 Å². The number of nitriles is 2. The molecule has 72 heavy (non-hydrogen) atoms. The predicted molar refractivity (Wildman–Crippen MR) is 301 cm³/mol. The van der Waals surface area contributed by atoms with Crippen molar-refractivity contribution >= 4 is 98.8 Å². The van der Waals surface area contributed by atoms with Crippen molar-refractivity contribution < 1.29 is 0 Å². The highest BCUT2D eigenvalue weighted by atomic mass is 15.1. The lowest BCUT2D eigenvalue weighted by molar-refractivity contribution is 1.29. The fourth-order valence-corrected chi connectivity index (χ4v) is 10.7. The first-order valence-electron chi connectivity index (χ1n) is 24.2. The maximum atomic E-state index is 9.60. The summed E-state index contributed by atoms with van der Waals surface area (Å²) in [6.45, 7) is 0. The monoisotopic (exact) mass is 914 g/mol. The molecule has 13 rings (SSSR count). The second-order valence-electron chi connectivity index (χ2n) is 18.3. The van der Waals surface area contributed by atoms with Crippen LogP contribution in [0.15, 0.2) is 255 Å². The Labute approximate surface area is 417 Å². The van der Waals surface area contributed by atoms with Crippen LogP contribution in [0.4, 0.5) is 34.1 Å². The molecule has 0 saturated heterocycles. The van der Waals surface area contributed by atoms with E-state index in [0.29, 0.717) is 11.1 Å². The van der Waals surface area contributed by atoms with Gasteiger partial charge in [0.2, 0.25) is 0 Å². The average molecular weight is 915 g/mol. The summed E-state index contributed by atoms with van der Waals surface area (Å²) in [5.74, 6) is 0. The van der Waals surface area contributed by atoms with E-state index in [9.17, 15) is 10.5 Å². The summed E-state index contributed by atoms with van der Waals surface area (Å²) in [7, 11) is 0. The quantitative estimate of drug-likeness (QED) is 0.143. The van der Waals surface area contributed by atoms with E-state index in [4.69, 9.17) is 0 Å². The zero-order valence-electron chi connectivity index (χ0n) is 39.0. The highest BCUT2D eigenvalue weighted by molar-refractivity contribution is 6.33. The van der Waals surface area contributed by atoms with Gasteiger partial charge >= 0.3 is 0 Å². The van der Waals surface area contributed by atoms with Crippen LogP contribution < -0.4 is 9.80 Å². The van der Waals surface area contributed by atoms with Crippen LogP contribution in [0, 0.1) is 22.7 Å². The van der Waals surface area contributed by atoms with Crippen molar-refractivity contribution in [3.63, 3.8) is 0 Å². The summed E-state index contributed by atoms with van der Waals surface area (Å²) in [5, 5.41) is 33.6. The Morgan fingerprint density at radius 2 is 0.639 bits per heavy atom. The van der Waals surface area contributed by atoms with E-state index in [1.165, 1.54) is 70.2 Å². The Hall–Kier alpha value is -10.0. The molecule has 4 nitrogen and oxygen atoms in total. The molecule has 0 radical (unpaired) electrons. The van der Waals surface area contributed by atoms with E-state index in [1.54, 1.807) is 0 Å². The largest absolute Gasteiger partial charge is 0.310 e. The molecule has 0 N–H and O–H groups in total. The Kier molecular flexibility index (Phi) is 10.2. The first-order valence-corrected chi connectivity index (χ1v) is 24.2. The molecule has 4 heteroatoms. The van der Waals surface area contributed by atoms with Crippen LogP contribution in [0.25, 0.3) is 86.9 Å². The van der Waals surface area contributed by atoms with Gasteiger partial charge in [-0.3, -0.25) is 0 Å². The van der Waals surface area contributed by atoms with Gasteiger partial charge in [-0.2, -0.15) is 10.5 Å². The van der Waals surface area contributed by atoms with E-state index >= 15 is 0 Å². The molecule has 13 aromatic carbocycles. The maximum absolute atomic E-state index is 9.60. The lowest BCUT2D eigenvalue weighted by Gasteiger charge is -2.26. The van der Waals surface area contributed by atoms with Gasteiger partial charge in [0.25, 0.3) is 0 Å². The summed E-state index contributed by atoms with van der Waals surface area (Å²) in [6, 6.07) is 94.9. The minimum atomic E-state index is 0.629. The van der Waals surface area contributed by atoms with Crippen LogP contribution in [-0.4, -0.2) is 0 Å². The smallest absolute Gasteiger partial charge is 0.0991 e. The van der Waals surface area contributed by atoms with E-state index < -0.39 is 0 Å². The van der Waals surface area contributed by atoms with Crippen LogP contribution in [0.5, 0.6) is 0 Å². The summed E-state index contributed by atoms with van der Waals surface area (Å²) < 4.78 is 0. The number of benzene rings is 13. The average Bonchev–Trinajstić information content (AvgIpc) is 3.45. The molecule has 0 saturated carbocycles. The lowest BCUT2D eigenvalue weighted by atomic mass is 9.86. The van der Waals surface area contributed by atoms with Gasteiger partial charge < -0.3 is 9.80 Å². The molecular formula is C68H42N4. The summed E-state index contributed by atoms with van der Waals surface area (Å²) >= 11 is 0. The molecule has 0 amide bonds.